The van der Waals surface area contributed by atoms with Crippen molar-refractivity contribution in [2.75, 3.05) is 11.9 Å². The molecule has 3 aromatic rings. The average Bonchev–Trinajstić information content (AvgIpc) is 2.86. The van der Waals surface area contributed by atoms with Crippen molar-refractivity contribution in [2.45, 2.75) is 32.0 Å². The largest absolute Gasteiger partial charge is 0.508 e. The van der Waals surface area contributed by atoms with Crippen LogP contribution in [0.5, 0.6) is 5.75 Å². The smallest absolute Gasteiger partial charge is 0.412 e. The number of carbonyl (C=O) groups excluding carboxylic acids is 2. The Labute approximate surface area is 211 Å². The zero-order valence-corrected chi connectivity index (χ0v) is 20.7. The molecule has 0 aliphatic carbocycles. The highest BCUT2D eigenvalue weighted by Gasteiger charge is 2.30. The molecule has 0 aliphatic rings. The Morgan fingerprint density at radius 3 is 2.66 bits per heavy atom. The number of allylic oxidation sites excluding steroid dienone is 1. The molecule has 0 heterocycles. The normalized spacial score (nSPS) is 12.9. The van der Waals surface area contributed by atoms with E-state index < -0.39 is 24.2 Å². The fraction of sp³-hybridized carbons (Fsp3) is 0.231. The number of rotatable bonds is 10. The van der Waals surface area contributed by atoms with Crippen LogP contribution in [0.15, 0.2) is 77.3 Å². The van der Waals surface area contributed by atoms with Gasteiger partial charge in [-0.15, -0.1) is 0 Å². The number of carbonyl (C=O) groups is 2. The molecule has 0 bridgehead atoms. The maximum atomic E-state index is 13.0. The molecule has 0 radical (unpaired) electrons. The van der Waals surface area contributed by atoms with Gasteiger partial charge in [0.15, 0.2) is 6.10 Å². The summed E-state index contributed by atoms with van der Waals surface area (Å²) in [6, 6.07) is 18.1. The SMILES string of the molecule is CCO[C@@H](CC/C=C/C(=O)NO)[C@@H](OC(=O)Nc1cccc2ccccc12)c1cc(Br)ccc1O. The van der Waals surface area contributed by atoms with Gasteiger partial charge in [0, 0.05) is 28.1 Å². The van der Waals surface area contributed by atoms with Gasteiger partial charge in [0.05, 0.1) is 11.8 Å². The zero-order valence-electron chi connectivity index (χ0n) is 19.1. The number of aromatic hydroxyl groups is 1. The molecule has 0 aromatic heterocycles. The maximum Gasteiger partial charge on any atom is 0.412 e. The quantitative estimate of drug-likeness (QED) is 0.145. The number of nitrogens with one attached hydrogen (secondary N) is 2. The Hall–Kier alpha value is -3.40. The molecule has 0 aliphatic heterocycles. The highest BCUT2D eigenvalue weighted by Crippen LogP contribution is 2.35. The Morgan fingerprint density at radius 2 is 1.89 bits per heavy atom. The summed E-state index contributed by atoms with van der Waals surface area (Å²) in [6.07, 6.45) is 1.28. The van der Waals surface area contributed by atoms with Gasteiger partial charge in [0.25, 0.3) is 5.91 Å². The summed E-state index contributed by atoms with van der Waals surface area (Å²) in [5, 5.41) is 23.8. The number of ether oxygens (including phenoxy) is 2. The molecule has 8 nitrogen and oxygen atoms in total. The molecule has 2 atom stereocenters. The average molecular weight is 543 g/mol. The number of benzene rings is 3. The van der Waals surface area contributed by atoms with Crippen molar-refractivity contribution < 1.29 is 29.4 Å². The van der Waals surface area contributed by atoms with Crippen molar-refractivity contribution in [3.63, 3.8) is 0 Å². The van der Waals surface area contributed by atoms with E-state index in [1.807, 2.05) is 43.3 Å². The molecular formula is C26H27BrN2O6. The zero-order chi connectivity index (χ0) is 25.2. The van der Waals surface area contributed by atoms with Crippen molar-refractivity contribution in [2.24, 2.45) is 0 Å². The Bertz CT molecular complexity index is 1190. The fourth-order valence-electron chi connectivity index (χ4n) is 3.71. The first-order valence-electron chi connectivity index (χ1n) is 11.1. The van der Waals surface area contributed by atoms with Gasteiger partial charge in [0.2, 0.25) is 0 Å². The molecule has 0 saturated heterocycles. The van der Waals surface area contributed by atoms with Crippen LogP contribution in [0.3, 0.4) is 0 Å². The van der Waals surface area contributed by atoms with Gasteiger partial charge in [-0.1, -0.05) is 58.4 Å². The summed E-state index contributed by atoms with van der Waals surface area (Å²) in [5.41, 5.74) is 2.50. The predicted octanol–water partition coefficient (Wildman–Crippen LogP) is 5.84. The topological polar surface area (TPSA) is 117 Å². The highest BCUT2D eigenvalue weighted by molar-refractivity contribution is 9.10. The van der Waals surface area contributed by atoms with Crippen LogP contribution in [0.1, 0.15) is 31.4 Å². The highest BCUT2D eigenvalue weighted by atomic mass is 79.9. The molecule has 0 unspecified atom stereocenters. The molecular weight excluding hydrogens is 516 g/mol. The number of halogens is 1. The van der Waals surface area contributed by atoms with Crippen molar-refractivity contribution >= 4 is 44.4 Å². The molecule has 3 aromatic carbocycles. The minimum Gasteiger partial charge on any atom is -0.508 e. The standard InChI is InChI=1S/C26H27BrN2O6/c1-2-34-23(12-5-6-13-24(31)29-33)25(20-16-18(27)14-15-22(20)30)35-26(32)28-21-11-7-9-17-8-3-4-10-19(17)21/h3-4,6-11,13-16,23,25,30,33H,2,5,12H2,1H3,(H,28,32)(H,29,31)/b13-6+/t23-,25-/m0/s1. The monoisotopic (exact) mass is 542 g/mol. The Balaban J connectivity index is 1.86. The van der Waals surface area contributed by atoms with Gasteiger partial charge >= 0.3 is 6.09 Å². The fourth-order valence-corrected chi connectivity index (χ4v) is 4.09. The Morgan fingerprint density at radius 1 is 1.11 bits per heavy atom. The molecule has 9 heteroatoms. The molecule has 0 fully saturated rings. The van der Waals surface area contributed by atoms with Crippen molar-refractivity contribution in [1.29, 1.82) is 0 Å². The van der Waals surface area contributed by atoms with Crippen LogP contribution >= 0.6 is 15.9 Å². The summed E-state index contributed by atoms with van der Waals surface area (Å²) in [7, 11) is 0. The minimum absolute atomic E-state index is 0.0453. The van der Waals surface area contributed by atoms with Crippen LogP contribution in [-0.2, 0) is 14.3 Å². The number of fused-ring (bicyclic) bond motifs is 1. The first-order chi connectivity index (χ1) is 16.9. The summed E-state index contributed by atoms with van der Waals surface area (Å²) in [4.78, 5) is 24.3. The first kappa shape index (κ1) is 26.2. The lowest BCUT2D eigenvalue weighted by Crippen LogP contribution is -2.29. The van der Waals surface area contributed by atoms with Crippen LogP contribution in [0, 0.1) is 0 Å². The summed E-state index contributed by atoms with van der Waals surface area (Å²) in [5.74, 6) is -0.694. The van der Waals surface area contributed by atoms with Gasteiger partial charge in [-0.25, -0.2) is 10.3 Å². The van der Waals surface area contributed by atoms with Gasteiger partial charge in [-0.2, -0.15) is 0 Å². The van der Waals surface area contributed by atoms with E-state index in [2.05, 4.69) is 21.2 Å². The second kappa shape index (κ2) is 12.9. The van der Waals surface area contributed by atoms with Crippen LogP contribution in [0.25, 0.3) is 10.8 Å². The van der Waals surface area contributed by atoms with E-state index in [9.17, 15) is 14.7 Å². The van der Waals surface area contributed by atoms with Crippen molar-refractivity contribution in [3.05, 3.63) is 82.9 Å². The third kappa shape index (κ3) is 7.29. The van der Waals surface area contributed by atoms with Gasteiger partial charge in [-0.05, 0) is 49.4 Å². The minimum atomic E-state index is -0.942. The van der Waals surface area contributed by atoms with Crippen LogP contribution in [-0.4, -0.2) is 35.0 Å². The molecule has 184 valence electrons. The number of amides is 2. The molecule has 2 amide bonds. The van der Waals surface area contributed by atoms with E-state index in [4.69, 9.17) is 14.7 Å². The van der Waals surface area contributed by atoms with Gasteiger partial charge < -0.3 is 14.6 Å². The van der Waals surface area contributed by atoms with E-state index in [1.165, 1.54) is 17.6 Å². The second-order valence-electron chi connectivity index (χ2n) is 7.63. The van der Waals surface area contributed by atoms with Crippen LogP contribution < -0.4 is 10.8 Å². The second-order valence-corrected chi connectivity index (χ2v) is 8.55. The summed E-state index contributed by atoms with van der Waals surface area (Å²) in [6.45, 7) is 2.15. The van der Waals surface area contributed by atoms with Crippen molar-refractivity contribution in [1.82, 2.24) is 5.48 Å². The third-order valence-corrected chi connectivity index (χ3v) is 5.77. The number of phenolic OH excluding ortho intramolecular Hbond substituents is 1. The van der Waals surface area contributed by atoms with Crippen LogP contribution in [0.4, 0.5) is 10.5 Å². The lowest BCUT2D eigenvalue weighted by molar-refractivity contribution is -0.124. The third-order valence-electron chi connectivity index (χ3n) is 5.27. The van der Waals surface area contributed by atoms with E-state index in [0.717, 1.165) is 10.8 Å². The summed E-state index contributed by atoms with van der Waals surface area (Å²) < 4.78 is 12.4. The predicted molar refractivity (Wildman–Crippen MR) is 136 cm³/mol. The number of anilines is 1. The summed E-state index contributed by atoms with van der Waals surface area (Å²) >= 11 is 3.40. The molecule has 35 heavy (non-hydrogen) atoms. The first-order valence-corrected chi connectivity index (χ1v) is 11.9. The van der Waals surface area contributed by atoms with Crippen molar-refractivity contribution in [3.8, 4) is 5.75 Å². The maximum absolute atomic E-state index is 13.0. The van der Waals surface area contributed by atoms with Gasteiger partial charge in [0.1, 0.15) is 5.75 Å². The number of hydrogen-bond donors (Lipinski definition) is 4. The van der Waals surface area contributed by atoms with E-state index in [0.29, 0.717) is 35.2 Å². The number of hydrogen-bond acceptors (Lipinski definition) is 6. The van der Waals surface area contributed by atoms with Gasteiger partial charge in [-0.3, -0.25) is 15.3 Å². The molecule has 0 spiro atoms. The van der Waals surface area contributed by atoms with E-state index in [-0.39, 0.29) is 5.75 Å². The molecule has 0 saturated carbocycles. The number of hydroxylamine groups is 1. The van der Waals surface area contributed by atoms with E-state index >= 15 is 0 Å². The van der Waals surface area contributed by atoms with E-state index in [1.54, 1.807) is 24.3 Å². The Kier molecular flexibility index (Phi) is 9.66. The lowest BCUT2D eigenvalue weighted by Gasteiger charge is -2.28. The lowest BCUT2D eigenvalue weighted by atomic mass is 9.99. The molecule has 3 rings (SSSR count). The number of phenols is 1. The molecule has 4 N–H and O–H groups in total. The van der Waals surface area contributed by atoms with Crippen LogP contribution in [0.2, 0.25) is 0 Å².